The molecule has 0 fully saturated rings. The van der Waals surface area contributed by atoms with E-state index in [4.69, 9.17) is 4.74 Å². The lowest BCUT2D eigenvalue weighted by Crippen LogP contribution is -2.08. The fourth-order valence-corrected chi connectivity index (χ4v) is 2.85. The molecule has 3 rings (SSSR count). The van der Waals surface area contributed by atoms with Crippen molar-refractivity contribution in [3.05, 3.63) is 101 Å². The van der Waals surface area contributed by atoms with Gasteiger partial charge in [0, 0.05) is 5.92 Å². The van der Waals surface area contributed by atoms with Crippen molar-refractivity contribution in [3.63, 3.8) is 0 Å². The number of methoxy groups -OCH3 is 1. The van der Waals surface area contributed by atoms with Gasteiger partial charge in [-0.25, -0.2) is 4.79 Å². The maximum Gasteiger partial charge on any atom is 0.513 e. The molecule has 1 atom stereocenters. The molecule has 1 unspecified atom stereocenters. The largest absolute Gasteiger partial charge is 0.513 e. The van der Waals surface area contributed by atoms with Gasteiger partial charge in [0.15, 0.2) is 0 Å². The van der Waals surface area contributed by atoms with Crippen molar-refractivity contribution in [3.8, 4) is 5.75 Å². The lowest BCUT2D eigenvalue weighted by atomic mass is 9.85. The fraction of sp³-hybridized carbons (Fsp3) is 0.136. The fourth-order valence-electron chi connectivity index (χ4n) is 2.85. The Kier molecular flexibility index (Phi) is 5.14. The van der Waals surface area contributed by atoms with Gasteiger partial charge in [-0.15, -0.1) is 0 Å². The molecule has 0 N–H and O–H groups in total. The Hall–Kier alpha value is -3.07. The van der Waals surface area contributed by atoms with E-state index in [1.165, 1.54) is 23.8 Å². The first-order valence-corrected chi connectivity index (χ1v) is 8.14. The van der Waals surface area contributed by atoms with Gasteiger partial charge >= 0.3 is 6.16 Å². The number of carbonyl (C=O) groups excluding carboxylic acids is 1. The molecule has 3 heteroatoms. The predicted molar refractivity (Wildman–Crippen MR) is 98.0 cm³/mol. The Bertz CT molecular complexity index is 821. The summed E-state index contributed by atoms with van der Waals surface area (Å²) in [5, 5.41) is 0. The van der Waals surface area contributed by atoms with E-state index >= 15 is 0 Å². The van der Waals surface area contributed by atoms with Gasteiger partial charge in [0.05, 0.1) is 7.11 Å². The van der Waals surface area contributed by atoms with Crippen molar-refractivity contribution in [2.75, 3.05) is 7.11 Å². The van der Waals surface area contributed by atoms with Crippen LogP contribution in [-0.4, -0.2) is 13.3 Å². The summed E-state index contributed by atoms with van der Waals surface area (Å²) in [4.78, 5) is 11.2. The van der Waals surface area contributed by atoms with Crippen LogP contribution < -0.4 is 4.74 Å². The topological polar surface area (TPSA) is 35.5 Å². The molecule has 3 nitrogen and oxygen atoms in total. The molecule has 0 radical (unpaired) electrons. The van der Waals surface area contributed by atoms with Crippen LogP contribution in [0.5, 0.6) is 5.75 Å². The number of aryl methyl sites for hydroxylation is 1. The Morgan fingerprint density at radius 1 is 0.760 bits per heavy atom. The van der Waals surface area contributed by atoms with Crippen LogP contribution in [0.25, 0.3) is 0 Å². The zero-order chi connectivity index (χ0) is 17.6. The lowest BCUT2D eigenvalue weighted by molar-refractivity contribution is 0.121. The maximum absolute atomic E-state index is 11.2. The van der Waals surface area contributed by atoms with E-state index in [9.17, 15) is 4.79 Å². The highest BCUT2D eigenvalue weighted by molar-refractivity contribution is 5.63. The van der Waals surface area contributed by atoms with Crippen LogP contribution in [0, 0.1) is 6.92 Å². The number of rotatable bonds is 4. The van der Waals surface area contributed by atoms with Gasteiger partial charge < -0.3 is 9.47 Å². The highest BCUT2D eigenvalue weighted by atomic mass is 16.7. The molecule has 0 amide bonds. The summed E-state index contributed by atoms with van der Waals surface area (Å²) in [6.07, 6.45) is -0.717. The molecular formula is C22H20O3. The molecule has 0 aliphatic rings. The van der Waals surface area contributed by atoms with Gasteiger partial charge in [-0.2, -0.15) is 0 Å². The molecule has 0 bridgehead atoms. The normalized spacial score (nSPS) is 11.6. The summed E-state index contributed by atoms with van der Waals surface area (Å²) in [6, 6.07) is 26.5. The molecule has 3 aromatic carbocycles. The SMILES string of the molecule is COC(=O)Oc1ccc(C(c2ccccc2)c2ccc(C)cc2)cc1. The standard InChI is InChI=1S/C22H20O3/c1-16-8-10-18(11-9-16)21(17-6-4-3-5-7-17)19-12-14-20(15-13-19)25-22(23)24-2/h3-15,21H,1-2H3. The quantitative estimate of drug-likeness (QED) is 0.368. The first-order chi connectivity index (χ1) is 12.2. The van der Waals surface area contributed by atoms with Crippen LogP contribution in [0.4, 0.5) is 4.79 Å². The van der Waals surface area contributed by atoms with Crippen LogP contribution in [0.3, 0.4) is 0 Å². The Morgan fingerprint density at radius 3 is 1.84 bits per heavy atom. The molecule has 0 aliphatic carbocycles. The van der Waals surface area contributed by atoms with Crippen LogP contribution in [-0.2, 0) is 4.74 Å². The number of hydrogen-bond donors (Lipinski definition) is 0. The Balaban J connectivity index is 1.97. The minimum Gasteiger partial charge on any atom is -0.437 e. The molecule has 0 spiro atoms. The van der Waals surface area contributed by atoms with E-state index in [2.05, 4.69) is 48.1 Å². The Labute approximate surface area is 147 Å². The first kappa shape index (κ1) is 16.8. The molecule has 3 aromatic rings. The van der Waals surface area contributed by atoms with Gasteiger partial charge in [-0.3, -0.25) is 0 Å². The number of hydrogen-bond acceptors (Lipinski definition) is 3. The van der Waals surface area contributed by atoms with Gasteiger partial charge in [0.1, 0.15) is 5.75 Å². The second-order valence-corrected chi connectivity index (χ2v) is 5.88. The van der Waals surface area contributed by atoms with E-state index in [0.717, 1.165) is 5.56 Å². The Morgan fingerprint density at radius 2 is 1.28 bits per heavy atom. The van der Waals surface area contributed by atoms with E-state index < -0.39 is 6.16 Å². The third kappa shape index (κ3) is 4.07. The van der Waals surface area contributed by atoms with E-state index in [1.807, 2.05) is 30.3 Å². The summed E-state index contributed by atoms with van der Waals surface area (Å²) >= 11 is 0. The molecular weight excluding hydrogens is 312 g/mol. The first-order valence-electron chi connectivity index (χ1n) is 8.14. The van der Waals surface area contributed by atoms with Gasteiger partial charge in [-0.1, -0.05) is 72.3 Å². The molecule has 0 aromatic heterocycles. The van der Waals surface area contributed by atoms with Crippen molar-refractivity contribution in [2.45, 2.75) is 12.8 Å². The van der Waals surface area contributed by atoms with Gasteiger partial charge in [-0.05, 0) is 35.7 Å². The van der Waals surface area contributed by atoms with Gasteiger partial charge in [0.25, 0.3) is 0 Å². The molecule has 0 saturated carbocycles. The van der Waals surface area contributed by atoms with Crippen molar-refractivity contribution in [2.24, 2.45) is 0 Å². The molecule has 25 heavy (non-hydrogen) atoms. The monoisotopic (exact) mass is 332 g/mol. The second-order valence-electron chi connectivity index (χ2n) is 5.88. The van der Waals surface area contributed by atoms with E-state index in [-0.39, 0.29) is 5.92 Å². The third-order valence-corrected chi connectivity index (χ3v) is 4.12. The van der Waals surface area contributed by atoms with E-state index in [1.54, 1.807) is 12.1 Å². The highest BCUT2D eigenvalue weighted by Gasteiger charge is 2.17. The van der Waals surface area contributed by atoms with Gasteiger partial charge in [0.2, 0.25) is 0 Å². The predicted octanol–water partition coefficient (Wildman–Crippen LogP) is 5.32. The van der Waals surface area contributed by atoms with Crippen molar-refractivity contribution < 1.29 is 14.3 Å². The average Bonchev–Trinajstić information content (AvgIpc) is 2.66. The summed E-state index contributed by atoms with van der Waals surface area (Å²) in [5.41, 5.74) is 4.80. The summed E-state index contributed by atoms with van der Waals surface area (Å²) in [5.74, 6) is 0.584. The second kappa shape index (κ2) is 7.67. The molecule has 126 valence electrons. The van der Waals surface area contributed by atoms with Crippen LogP contribution in [0.1, 0.15) is 28.2 Å². The highest BCUT2D eigenvalue weighted by Crippen LogP contribution is 2.32. The summed E-state index contributed by atoms with van der Waals surface area (Å²) in [7, 11) is 1.29. The minimum absolute atomic E-state index is 0.119. The zero-order valence-corrected chi connectivity index (χ0v) is 14.3. The average molecular weight is 332 g/mol. The van der Waals surface area contributed by atoms with E-state index in [0.29, 0.717) is 5.75 Å². The minimum atomic E-state index is -0.717. The lowest BCUT2D eigenvalue weighted by Gasteiger charge is -2.19. The third-order valence-electron chi connectivity index (χ3n) is 4.12. The molecule has 0 heterocycles. The number of ether oxygens (including phenoxy) is 2. The molecule has 0 saturated heterocycles. The number of benzene rings is 3. The summed E-state index contributed by atoms with van der Waals surface area (Å²) < 4.78 is 9.58. The van der Waals surface area contributed by atoms with Crippen LogP contribution in [0.15, 0.2) is 78.9 Å². The van der Waals surface area contributed by atoms with Crippen molar-refractivity contribution in [1.82, 2.24) is 0 Å². The smallest absolute Gasteiger partial charge is 0.437 e. The summed E-state index contributed by atoms with van der Waals surface area (Å²) in [6.45, 7) is 2.08. The zero-order valence-electron chi connectivity index (χ0n) is 14.3. The van der Waals surface area contributed by atoms with Crippen molar-refractivity contribution in [1.29, 1.82) is 0 Å². The van der Waals surface area contributed by atoms with Crippen molar-refractivity contribution >= 4 is 6.16 Å². The maximum atomic E-state index is 11.2. The van der Waals surface area contributed by atoms with Crippen LogP contribution in [0.2, 0.25) is 0 Å². The molecule has 0 aliphatic heterocycles. The van der Waals surface area contributed by atoms with Crippen LogP contribution >= 0.6 is 0 Å². The number of carbonyl (C=O) groups is 1.